The zero-order valence-electron chi connectivity index (χ0n) is 7.44. The van der Waals surface area contributed by atoms with Crippen molar-refractivity contribution >= 4 is 0 Å². The third-order valence-electron chi connectivity index (χ3n) is 3.24. The van der Waals surface area contributed by atoms with Gasteiger partial charge in [-0.1, -0.05) is 0 Å². The van der Waals surface area contributed by atoms with Crippen LogP contribution in [-0.4, -0.2) is 24.0 Å². The van der Waals surface area contributed by atoms with Crippen LogP contribution in [0, 0.1) is 17.8 Å². The molecular weight excluding hydrogens is 154 g/mol. The number of nitrogens with two attached hydrogens (primary N) is 1. The SMILES string of the molecule is CCOC(O)C1CC(N)[C@@H]2CC12. The molecule has 2 rings (SSSR count). The fourth-order valence-electron chi connectivity index (χ4n) is 2.51. The molecule has 3 nitrogen and oxygen atoms in total. The molecule has 4 unspecified atom stereocenters. The van der Waals surface area contributed by atoms with Crippen LogP contribution < -0.4 is 5.73 Å². The first kappa shape index (κ1) is 8.48. The van der Waals surface area contributed by atoms with Gasteiger partial charge in [-0.05, 0) is 31.6 Å². The van der Waals surface area contributed by atoms with Crippen LogP contribution in [0.2, 0.25) is 0 Å². The standard InChI is InChI=1S/C9H17NO2/c1-2-12-9(11)7-4-8(10)6-3-5(6)7/h5-9,11H,2-4,10H2,1H3/t5?,6-,7?,8?,9?/m1/s1. The van der Waals surface area contributed by atoms with Crippen molar-refractivity contribution in [1.29, 1.82) is 0 Å². The van der Waals surface area contributed by atoms with Crippen LogP contribution in [-0.2, 0) is 4.74 Å². The fourth-order valence-corrected chi connectivity index (χ4v) is 2.51. The van der Waals surface area contributed by atoms with Crippen molar-refractivity contribution in [3.8, 4) is 0 Å². The minimum Gasteiger partial charge on any atom is -0.368 e. The second-order valence-corrected chi connectivity index (χ2v) is 3.97. The van der Waals surface area contributed by atoms with E-state index in [9.17, 15) is 5.11 Å². The van der Waals surface area contributed by atoms with Crippen molar-refractivity contribution in [2.24, 2.45) is 23.5 Å². The number of aliphatic hydroxyl groups is 1. The highest BCUT2D eigenvalue weighted by Crippen LogP contribution is 2.55. The van der Waals surface area contributed by atoms with Crippen molar-refractivity contribution in [3.05, 3.63) is 0 Å². The summed E-state index contributed by atoms with van der Waals surface area (Å²) in [4.78, 5) is 0. The molecular formula is C9H17NO2. The Balaban J connectivity index is 1.89. The van der Waals surface area contributed by atoms with Gasteiger partial charge in [-0.25, -0.2) is 0 Å². The smallest absolute Gasteiger partial charge is 0.157 e. The van der Waals surface area contributed by atoms with Crippen LogP contribution in [0.4, 0.5) is 0 Å². The van der Waals surface area contributed by atoms with Crippen LogP contribution in [0.1, 0.15) is 19.8 Å². The third kappa shape index (κ3) is 1.26. The van der Waals surface area contributed by atoms with E-state index in [1.807, 2.05) is 6.92 Å². The van der Waals surface area contributed by atoms with Gasteiger partial charge < -0.3 is 15.6 Å². The van der Waals surface area contributed by atoms with E-state index < -0.39 is 6.29 Å². The predicted octanol–water partition coefficient (Wildman–Crippen LogP) is 0.325. The lowest BCUT2D eigenvalue weighted by atomic mass is 10.0. The molecule has 2 aliphatic carbocycles. The molecule has 0 aromatic rings. The number of hydrogen-bond acceptors (Lipinski definition) is 3. The van der Waals surface area contributed by atoms with E-state index in [4.69, 9.17) is 10.5 Å². The first-order valence-electron chi connectivity index (χ1n) is 4.79. The molecule has 0 radical (unpaired) electrons. The molecule has 2 aliphatic rings. The van der Waals surface area contributed by atoms with Gasteiger partial charge in [0.25, 0.3) is 0 Å². The first-order valence-corrected chi connectivity index (χ1v) is 4.79. The van der Waals surface area contributed by atoms with E-state index in [0.29, 0.717) is 30.4 Å². The maximum absolute atomic E-state index is 9.59. The maximum Gasteiger partial charge on any atom is 0.157 e. The molecule has 0 spiro atoms. The van der Waals surface area contributed by atoms with Gasteiger partial charge in [-0.3, -0.25) is 0 Å². The zero-order chi connectivity index (χ0) is 8.72. The Hall–Kier alpha value is -0.120. The van der Waals surface area contributed by atoms with Crippen LogP contribution >= 0.6 is 0 Å². The summed E-state index contributed by atoms with van der Waals surface area (Å²) >= 11 is 0. The molecule has 0 saturated heterocycles. The topological polar surface area (TPSA) is 55.5 Å². The summed E-state index contributed by atoms with van der Waals surface area (Å²) in [6.07, 6.45) is 1.57. The van der Waals surface area contributed by atoms with Crippen molar-refractivity contribution in [2.75, 3.05) is 6.61 Å². The molecule has 0 heterocycles. The number of ether oxygens (including phenoxy) is 1. The number of rotatable bonds is 3. The highest BCUT2D eigenvalue weighted by Gasteiger charge is 2.55. The normalized spacial score (nSPS) is 47.2. The Morgan fingerprint density at radius 2 is 2.25 bits per heavy atom. The molecule has 0 bridgehead atoms. The third-order valence-corrected chi connectivity index (χ3v) is 3.24. The Morgan fingerprint density at radius 3 is 2.67 bits per heavy atom. The van der Waals surface area contributed by atoms with Gasteiger partial charge in [0, 0.05) is 18.6 Å². The quantitative estimate of drug-likeness (QED) is 0.601. The summed E-state index contributed by atoms with van der Waals surface area (Å²) < 4.78 is 5.17. The molecule has 2 fully saturated rings. The molecule has 3 heteroatoms. The van der Waals surface area contributed by atoms with Crippen LogP contribution in [0.5, 0.6) is 0 Å². The summed E-state index contributed by atoms with van der Waals surface area (Å²) in [5.74, 6) is 1.65. The van der Waals surface area contributed by atoms with E-state index in [0.717, 1.165) is 6.42 Å². The summed E-state index contributed by atoms with van der Waals surface area (Å²) in [7, 11) is 0. The minimum atomic E-state index is -0.571. The Kier molecular flexibility index (Phi) is 2.10. The average Bonchev–Trinajstić information content (AvgIpc) is 2.74. The Labute approximate surface area is 72.9 Å². The average molecular weight is 171 g/mol. The van der Waals surface area contributed by atoms with Gasteiger partial charge in [-0.2, -0.15) is 0 Å². The molecule has 12 heavy (non-hydrogen) atoms. The lowest BCUT2D eigenvalue weighted by Gasteiger charge is -2.19. The molecule has 2 saturated carbocycles. The fraction of sp³-hybridized carbons (Fsp3) is 1.00. The van der Waals surface area contributed by atoms with Crippen molar-refractivity contribution in [3.63, 3.8) is 0 Å². The lowest BCUT2D eigenvalue weighted by Crippen LogP contribution is -2.27. The molecule has 0 aromatic heterocycles. The summed E-state index contributed by atoms with van der Waals surface area (Å²) in [5.41, 5.74) is 5.88. The van der Waals surface area contributed by atoms with Crippen molar-refractivity contribution < 1.29 is 9.84 Å². The van der Waals surface area contributed by atoms with Gasteiger partial charge in [0.1, 0.15) is 0 Å². The van der Waals surface area contributed by atoms with Gasteiger partial charge in [-0.15, -0.1) is 0 Å². The second-order valence-electron chi connectivity index (χ2n) is 3.97. The summed E-state index contributed by atoms with van der Waals surface area (Å²) in [5, 5.41) is 9.59. The van der Waals surface area contributed by atoms with E-state index in [2.05, 4.69) is 0 Å². The van der Waals surface area contributed by atoms with Crippen molar-refractivity contribution in [1.82, 2.24) is 0 Å². The molecule has 3 N–H and O–H groups in total. The predicted molar refractivity (Wildman–Crippen MR) is 45.3 cm³/mol. The van der Waals surface area contributed by atoms with Gasteiger partial charge in [0.2, 0.25) is 0 Å². The molecule has 0 aliphatic heterocycles. The highest BCUT2D eigenvalue weighted by atomic mass is 16.6. The molecule has 70 valence electrons. The van der Waals surface area contributed by atoms with Crippen LogP contribution in [0.25, 0.3) is 0 Å². The van der Waals surface area contributed by atoms with Crippen molar-refractivity contribution in [2.45, 2.75) is 32.1 Å². The molecule has 0 aromatic carbocycles. The van der Waals surface area contributed by atoms with Gasteiger partial charge in [0.15, 0.2) is 6.29 Å². The molecule has 0 amide bonds. The molecule has 5 atom stereocenters. The van der Waals surface area contributed by atoms with E-state index >= 15 is 0 Å². The second kappa shape index (κ2) is 2.98. The summed E-state index contributed by atoms with van der Waals surface area (Å²) in [6.45, 7) is 2.49. The number of aliphatic hydroxyl groups excluding tert-OH is 1. The lowest BCUT2D eigenvalue weighted by molar-refractivity contribution is -0.133. The zero-order valence-corrected chi connectivity index (χ0v) is 7.44. The Bertz CT molecular complexity index is 174. The minimum absolute atomic E-state index is 0.310. The van der Waals surface area contributed by atoms with Gasteiger partial charge >= 0.3 is 0 Å². The van der Waals surface area contributed by atoms with E-state index in [-0.39, 0.29) is 0 Å². The van der Waals surface area contributed by atoms with Crippen LogP contribution in [0.3, 0.4) is 0 Å². The Morgan fingerprint density at radius 1 is 1.50 bits per heavy atom. The first-order chi connectivity index (χ1) is 5.74. The van der Waals surface area contributed by atoms with Gasteiger partial charge in [0.05, 0.1) is 0 Å². The number of hydrogen-bond donors (Lipinski definition) is 2. The highest BCUT2D eigenvalue weighted by molar-refractivity contribution is 5.05. The van der Waals surface area contributed by atoms with E-state index in [1.165, 1.54) is 6.42 Å². The maximum atomic E-state index is 9.59. The largest absolute Gasteiger partial charge is 0.368 e. The van der Waals surface area contributed by atoms with Crippen LogP contribution in [0.15, 0.2) is 0 Å². The summed E-state index contributed by atoms with van der Waals surface area (Å²) in [6, 6.07) is 0.315. The monoisotopic (exact) mass is 171 g/mol. The number of fused-ring (bicyclic) bond motifs is 1. The van der Waals surface area contributed by atoms with E-state index in [1.54, 1.807) is 0 Å².